The summed E-state index contributed by atoms with van der Waals surface area (Å²) in [5.41, 5.74) is 31.7. The van der Waals surface area contributed by atoms with Gasteiger partial charge in [0, 0.05) is 77.0 Å². The van der Waals surface area contributed by atoms with Gasteiger partial charge >= 0.3 is 0 Å². The molecule has 0 bridgehead atoms. The van der Waals surface area contributed by atoms with E-state index in [2.05, 4.69) is 223 Å². The van der Waals surface area contributed by atoms with E-state index in [4.69, 9.17) is 0 Å². The molecular formula is C72H79B2N3. The Morgan fingerprint density at radius 3 is 0.961 bits per heavy atom. The van der Waals surface area contributed by atoms with Crippen LogP contribution in [-0.4, -0.2) is 27.1 Å². The maximum atomic E-state index is 2.90. The molecule has 3 nitrogen and oxygen atoms in total. The van der Waals surface area contributed by atoms with Crippen molar-refractivity contribution >= 4 is 112 Å². The summed E-state index contributed by atoms with van der Waals surface area (Å²) in [6.07, 6.45) is 6.25. The fourth-order valence-corrected chi connectivity index (χ4v) is 15.7. The Bertz CT molecular complexity index is 4090. The molecule has 0 amide bonds. The zero-order chi connectivity index (χ0) is 54.1. The number of hydrogen-bond donors (Lipinski definition) is 0. The zero-order valence-corrected chi connectivity index (χ0v) is 49.7. The monoisotopic (exact) mass is 1010 g/mol. The Kier molecular flexibility index (Phi) is 9.17. The third kappa shape index (κ3) is 6.24. The average molecular weight is 1010 g/mol. The van der Waals surface area contributed by atoms with Gasteiger partial charge in [-0.1, -0.05) is 192 Å². The molecular weight excluding hydrogens is 928 g/mol. The fourth-order valence-electron chi connectivity index (χ4n) is 15.7. The molecule has 4 aliphatic heterocycles. The summed E-state index contributed by atoms with van der Waals surface area (Å²) in [5, 5.41) is 8.41. The molecule has 1 aliphatic carbocycles. The largest absolute Gasteiger partial charge is 0.311 e. The van der Waals surface area contributed by atoms with E-state index in [1.165, 1.54) is 170 Å². The maximum Gasteiger partial charge on any atom is 0.252 e. The van der Waals surface area contributed by atoms with Crippen LogP contribution in [0.25, 0.3) is 82.5 Å². The minimum absolute atomic E-state index is 0.0205. The van der Waals surface area contributed by atoms with Crippen molar-refractivity contribution in [2.24, 2.45) is 0 Å². The Hall–Kier alpha value is -5.93. The second kappa shape index (κ2) is 14.6. The minimum Gasteiger partial charge on any atom is -0.311 e. The van der Waals surface area contributed by atoms with E-state index in [1.54, 1.807) is 16.5 Å². The van der Waals surface area contributed by atoms with Crippen LogP contribution >= 0.6 is 0 Å². The molecule has 3 aromatic heterocycles. The summed E-state index contributed by atoms with van der Waals surface area (Å²) in [6.45, 7) is 43.7. The molecule has 0 saturated heterocycles. The number of aromatic nitrogens is 3. The number of rotatable bonds is 1. The predicted molar refractivity (Wildman–Crippen MR) is 337 cm³/mol. The minimum atomic E-state index is -0.0639. The van der Waals surface area contributed by atoms with Crippen LogP contribution in [0, 0.1) is 0 Å². The number of fused-ring (bicyclic) bond motifs is 13. The van der Waals surface area contributed by atoms with Crippen molar-refractivity contribution in [2.45, 2.75) is 195 Å². The first kappa shape index (κ1) is 48.2. The third-order valence-corrected chi connectivity index (χ3v) is 20.0. The van der Waals surface area contributed by atoms with Gasteiger partial charge in [0.1, 0.15) is 0 Å². The topological polar surface area (TPSA) is 14.8 Å². The van der Waals surface area contributed by atoms with Crippen LogP contribution < -0.4 is 32.8 Å². The van der Waals surface area contributed by atoms with Gasteiger partial charge in [-0.25, -0.2) is 0 Å². The van der Waals surface area contributed by atoms with Gasteiger partial charge in [-0.3, -0.25) is 0 Å². The summed E-state index contributed by atoms with van der Waals surface area (Å²) in [6, 6.07) is 36.4. The van der Waals surface area contributed by atoms with Crippen LogP contribution in [0.1, 0.15) is 202 Å². The zero-order valence-electron chi connectivity index (χ0n) is 49.7. The quantitative estimate of drug-likeness (QED) is 0.146. The van der Waals surface area contributed by atoms with Crippen molar-refractivity contribution in [2.75, 3.05) is 0 Å². The van der Waals surface area contributed by atoms with Crippen LogP contribution in [0.3, 0.4) is 0 Å². The van der Waals surface area contributed by atoms with Gasteiger partial charge in [0.2, 0.25) is 0 Å². The highest BCUT2D eigenvalue weighted by Gasteiger charge is 2.52. The molecule has 388 valence electrons. The molecule has 7 heterocycles. The second-order valence-corrected chi connectivity index (χ2v) is 31.3. The Morgan fingerprint density at radius 1 is 0.325 bits per heavy atom. The van der Waals surface area contributed by atoms with Crippen LogP contribution in [0.2, 0.25) is 0 Å². The van der Waals surface area contributed by atoms with Gasteiger partial charge in [0.05, 0.1) is 11.0 Å². The molecule has 1 fully saturated rings. The van der Waals surface area contributed by atoms with E-state index in [1.807, 2.05) is 0 Å². The van der Waals surface area contributed by atoms with Crippen LogP contribution in [0.15, 0.2) is 84.9 Å². The van der Waals surface area contributed by atoms with Crippen molar-refractivity contribution in [3.8, 4) is 17.1 Å². The van der Waals surface area contributed by atoms with Gasteiger partial charge in [0.25, 0.3) is 13.4 Å². The first-order valence-electron chi connectivity index (χ1n) is 29.7. The van der Waals surface area contributed by atoms with E-state index < -0.39 is 0 Å². The van der Waals surface area contributed by atoms with Gasteiger partial charge < -0.3 is 13.7 Å². The molecule has 5 aliphatic rings. The number of hydrogen-bond acceptors (Lipinski definition) is 0. The first-order valence-corrected chi connectivity index (χ1v) is 29.7. The van der Waals surface area contributed by atoms with E-state index in [0.29, 0.717) is 5.92 Å². The van der Waals surface area contributed by atoms with Crippen LogP contribution in [-0.2, 0) is 32.5 Å². The summed E-state index contributed by atoms with van der Waals surface area (Å²) >= 11 is 0. The maximum absolute atomic E-state index is 2.90. The van der Waals surface area contributed by atoms with E-state index >= 15 is 0 Å². The highest BCUT2D eigenvalue weighted by Crippen LogP contribution is 2.51. The smallest absolute Gasteiger partial charge is 0.252 e. The lowest BCUT2D eigenvalue weighted by Crippen LogP contribution is -2.67. The molecule has 0 unspecified atom stereocenters. The normalized spacial score (nSPS) is 16.3. The van der Waals surface area contributed by atoms with E-state index in [-0.39, 0.29) is 45.9 Å². The molecule has 77 heavy (non-hydrogen) atoms. The SMILES string of the molecule is CC(C)(C)c1cc2c3c(c1)c1ccc(C(C)(C)C)cc1n3-c1c3c4c5c(c1C1CCCCC1)-n1c6cc(C(C)(C)C)ccc6c6cc(C(C)(C)C)cc(c61)B5c1cc(C(C)(C)C)cc5c6cc(C(C)(C)C)cc(c6n-4c15)B32. The molecule has 1 saturated carbocycles. The molecule has 0 N–H and O–H groups in total. The van der Waals surface area contributed by atoms with Crippen molar-refractivity contribution in [1.82, 2.24) is 13.7 Å². The van der Waals surface area contributed by atoms with Gasteiger partial charge in [0.15, 0.2) is 0 Å². The van der Waals surface area contributed by atoms with Crippen molar-refractivity contribution < 1.29 is 0 Å². The molecule has 15 rings (SSSR count). The van der Waals surface area contributed by atoms with Crippen LogP contribution in [0.4, 0.5) is 0 Å². The Morgan fingerprint density at radius 2 is 0.636 bits per heavy atom. The fraction of sp³-hybridized carbons (Fsp3) is 0.417. The van der Waals surface area contributed by atoms with Crippen LogP contribution in [0.5, 0.6) is 0 Å². The average Bonchev–Trinajstić information content (AvgIpc) is 2.48. The number of nitrogens with zero attached hydrogens (tertiary/aromatic N) is 3. The lowest BCUT2D eigenvalue weighted by molar-refractivity contribution is 0.443. The molecule has 0 atom stereocenters. The molecule has 0 spiro atoms. The van der Waals surface area contributed by atoms with E-state index in [0.717, 1.165) is 0 Å². The lowest BCUT2D eigenvalue weighted by atomic mass is 9.29. The van der Waals surface area contributed by atoms with Crippen molar-refractivity contribution in [3.05, 3.63) is 124 Å². The second-order valence-electron chi connectivity index (χ2n) is 31.3. The lowest BCUT2D eigenvalue weighted by Gasteiger charge is -2.44. The summed E-state index contributed by atoms with van der Waals surface area (Å²) in [5.74, 6) is 0.397. The summed E-state index contributed by atoms with van der Waals surface area (Å²) < 4.78 is 8.70. The van der Waals surface area contributed by atoms with E-state index in [9.17, 15) is 0 Å². The van der Waals surface area contributed by atoms with Gasteiger partial charge in [-0.15, -0.1) is 0 Å². The Balaban J connectivity index is 1.28. The summed E-state index contributed by atoms with van der Waals surface area (Å²) in [4.78, 5) is 0. The predicted octanol–water partition coefficient (Wildman–Crippen LogP) is 15.1. The summed E-state index contributed by atoms with van der Waals surface area (Å²) in [7, 11) is 0. The third-order valence-electron chi connectivity index (χ3n) is 20.0. The first-order chi connectivity index (χ1) is 36.0. The number of benzene rings is 7. The molecule has 0 radical (unpaired) electrons. The molecule has 7 aromatic carbocycles. The highest BCUT2D eigenvalue weighted by molar-refractivity contribution is 7.04. The highest BCUT2D eigenvalue weighted by atomic mass is 15.1. The molecule has 10 aromatic rings. The molecule has 5 heteroatoms. The Labute approximate surface area is 459 Å². The standard InChI is InChI=1S/C72H79B2N3/c1-67(2,3)39-24-26-45-47-28-41(69(7,8)9)32-51-60(47)75(55(45)36-39)64-57(38-22-20-19-21-23-38)65-59-66-58(64)73(51)53-34-43(71(13,14)15)30-49-50-31-44(72(16,17)18)35-54(63(50)77(66)62(49)53)74(59)52-33-42(70(10,11)12)29-48-46-27-25-40(68(4,5)6)37-56(46)76(65)61(48)52/h24-38H,19-23H2,1-18H3. The van der Waals surface area contributed by atoms with Gasteiger partial charge in [-0.2, -0.15) is 0 Å². The van der Waals surface area contributed by atoms with Crippen molar-refractivity contribution in [1.29, 1.82) is 0 Å². The van der Waals surface area contributed by atoms with Crippen molar-refractivity contribution in [3.63, 3.8) is 0 Å². The van der Waals surface area contributed by atoms with Gasteiger partial charge in [-0.05, 0) is 154 Å².